The van der Waals surface area contributed by atoms with E-state index < -0.39 is 5.70 Å². The normalized spacial score (nSPS) is 16.2. The molecule has 0 unspecified atom stereocenters. The Morgan fingerprint density at radius 2 is 2.47 bits per heavy atom. The summed E-state index contributed by atoms with van der Waals surface area (Å²) in [7, 11) is 7.68. The van der Waals surface area contributed by atoms with Gasteiger partial charge >= 0.3 is 0 Å². The Morgan fingerprint density at radius 3 is 3.07 bits per heavy atom. The molecule has 0 heterocycles. The topological polar surface area (TPSA) is 21.3 Å². The average Bonchev–Trinajstić information content (AvgIpc) is 2.27. The number of rotatable bonds is 6. The monoisotopic (exact) mass is 263 g/mol. The molecule has 0 aliphatic carbocycles. The minimum atomic E-state index is -1.22. The van der Waals surface area contributed by atoms with Gasteiger partial charge in [0, 0.05) is 26.5 Å². The van der Waals surface area contributed by atoms with E-state index in [1.807, 2.05) is 25.2 Å². The predicted octanol–water partition coefficient (Wildman–Crippen LogP) is 4.15. The molecule has 84 valence electrons. The van der Waals surface area contributed by atoms with Gasteiger partial charge in [0.25, 0.3) is 0 Å². The fourth-order valence-corrected chi connectivity index (χ4v) is 4.08. The molecule has 1 N–H and O–H groups in total. The van der Waals surface area contributed by atoms with Crippen LogP contribution >= 0.6 is 31.4 Å². The molecule has 1 aromatic carbocycles. The standard InChI is InChI=1S/C10H15NOS3/c1-4-13-15-14-10-6-5-8(12-3)7-9(10)11-2/h5-7,11H,4H2,1-3H3/i4+1DH/t4-/m1/s1. The maximum absolute atomic E-state index is 7.42. The Kier molecular flexibility index (Phi) is 4.82. The van der Waals surface area contributed by atoms with Crippen molar-refractivity contribution in [1.29, 1.82) is 0 Å². The molecule has 0 radical (unpaired) electrons. The molecule has 1 atom stereocenters. The highest BCUT2D eigenvalue weighted by atomic mass is 33.5. The van der Waals surface area contributed by atoms with E-state index in [1.54, 1.807) is 14.0 Å². The zero-order chi connectivity index (χ0) is 12.9. The fourth-order valence-electron chi connectivity index (χ4n) is 0.992. The second-order valence-corrected chi connectivity index (χ2v) is 6.50. The molecule has 0 fully saturated rings. The lowest BCUT2D eigenvalue weighted by Crippen LogP contribution is -1.91. The van der Waals surface area contributed by atoms with E-state index >= 15 is 0 Å². The van der Waals surface area contributed by atoms with Gasteiger partial charge in [-0.3, -0.25) is 0 Å². The summed E-state index contributed by atoms with van der Waals surface area (Å²) >= 11 is 0. The lowest BCUT2D eigenvalue weighted by Gasteiger charge is -2.09. The van der Waals surface area contributed by atoms with Crippen LogP contribution in [0.25, 0.3) is 0 Å². The second kappa shape index (κ2) is 7.19. The van der Waals surface area contributed by atoms with Crippen molar-refractivity contribution in [2.75, 3.05) is 25.2 Å². The van der Waals surface area contributed by atoms with Crippen LogP contribution < -0.4 is 10.1 Å². The Hall–Kier alpha value is -0.130. The number of ether oxygens (including phenoxy) is 1. The first-order valence-electron chi connectivity index (χ1n) is 5.34. The van der Waals surface area contributed by atoms with Crippen LogP contribution in [0.15, 0.2) is 23.1 Å². The zero-order valence-corrected chi connectivity index (χ0v) is 11.3. The van der Waals surface area contributed by atoms with Crippen LogP contribution in [0.4, 0.5) is 5.69 Å². The number of methoxy groups -OCH3 is 1. The van der Waals surface area contributed by atoms with Crippen molar-refractivity contribution in [2.45, 2.75) is 11.8 Å². The number of benzene rings is 1. The van der Waals surface area contributed by atoms with E-state index in [-0.39, 0.29) is 0 Å². The summed E-state index contributed by atoms with van der Waals surface area (Å²) in [4.78, 5) is 1.06. The summed E-state index contributed by atoms with van der Waals surface area (Å²) in [5, 5.41) is 3.10. The molecular formula is C10H15NOS3. The van der Waals surface area contributed by atoms with Crippen LogP contribution in [-0.4, -0.2) is 19.9 Å². The van der Waals surface area contributed by atoms with Gasteiger partial charge in [-0.15, -0.1) is 0 Å². The van der Waals surface area contributed by atoms with E-state index in [9.17, 15) is 0 Å². The minimum Gasteiger partial charge on any atom is -0.497 e. The van der Waals surface area contributed by atoms with Gasteiger partial charge < -0.3 is 10.1 Å². The first-order chi connectivity index (χ1) is 7.96. The molecule has 2 nitrogen and oxygen atoms in total. The lowest BCUT2D eigenvalue weighted by molar-refractivity contribution is 0.414. The van der Waals surface area contributed by atoms with Crippen molar-refractivity contribution >= 4 is 37.1 Å². The summed E-state index contributed by atoms with van der Waals surface area (Å²) in [5.74, 6) is 0.808. The molecule has 0 saturated heterocycles. The SMILES string of the molecule is [1H][13C@@]([2H])(C)SSSc1ccc(OC)cc1NC. The van der Waals surface area contributed by atoms with Crippen molar-refractivity contribution in [3.8, 4) is 5.75 Å². The van der Waals surface area contributed by atoms with Gasteiger partial charge in [0.1, 0.15) is 5.75 Å². The third-order valence-electron chi connectivity index (χ3n) is 1.70. The van der Waals surface area contributed by atoms with Crippen LogP contribution in [0.2, 0.25) is 0 Å². The number of hydrogen-bond acceptors (Lipinski definition) is 5. The Balaban J connectivity index is 2.64. The summed E-state index contributed by atoms with van der Waals surface area (Å²) < 4.78 is 20.0. The molecule has 15 heavy (non-hydrogen) atoms. The zero-order valence-electron chi connectivity index (χ0n) is 10.9. The molecular weight excluding hydrogens is 247 g/mol. The summed E-state index contributed by atoms with van der Waals surface area (Å²) in [5.41, 5.74) is -0.233. The molecule has 5 heteroatoms. The largest absolute Gasteiger partial charge is 0.497 e. The van der Waals surface area contributed by atoms with Gasteiger partial charge in [-0.1, -0.05) is 17.7 Å². The van der Waals surface area contributed by atoms with Gasteiger partial charge in [-0.25, -0.2) is 0 Å². The number of anilines is 1. The number of hydrogen-bond donors (Lipinski definition) is 1. The number of nitrogens with one attached hydrogen (secondary N) is 1. The van der Waals surface area contributed by atoms with E-state index in [2.05, 4.69) is 5.32 Å². The van der Waals surface area contributed by atoms with Crippen molar-refractivity contribution in [1.82, 2.24) is 0 Å². The van der Waals surface area contributed by atoms with Gasteiger partial charge in [0.2, 0.25) is 0 Å². The lowest BCUT2D eigenvalue weighted by atomic mass is 10.3. The smallest absolute Gasteiger partial charge is 0.121 e. The molecule has 0 bridgehead atoms. The highest BCUT2D eigenvalue weighted by Crippen LogP contribution is 2.43. The Morgan fingerprint density at radius 1 is 1.67 bits per heavy atom. The van der Waals surface area contributed by atoms with Gasteiger partial charge in [0.05, 0.1) is 12.8 Å². The van der Waals surface area contributed by atoms with Crippen LogP contribution in [0, 0.1) is 0 Å². The molecule has 0 aromatic heterocycles. The molecule has 0 amide bonds. The van der Waals surface area contributed by atoms with E-state index in [4.69, 9.17) is 7.48 Å². The van der Waals surface area contributed by atoms with Gasteiger partial charge in [-0.2, -0.15) is 0 Å². The van der Waals surface area contributed by atoms with E-state index in [0.717, 1.165) is 16.3 Å². The average molecular weight is 263 g/mol. The Labute approximate surface area is 106 Å². The van der Waals surface area contributed by atoms with Crippen LogP contribution in [0.5, 0.6) is 5.75 Å². The third-order valence-corrected chi connectivity index (χ3v) is 5.21. The Bertz CT molecular complexity index is 371. The van der Waals surface area contributed by atoms with Crippen LogP contribution in [0.3, 0.4) is 0 Å². The van der Waals surface area contributed by atoms with Crippen LogP contribution in [0.1, 0.15) is 9.67 Å². The van der Waals surface area contributed by atoms with Crippen molar-refractivity contribution < 1.29 is 7.48 Å². The first-order valence-corrected chi connectivity index (χ1v) is 7.83. The van der Waals surface area contributed by atoms with Gasteiger partial charge in [0.15, 0.2) is 0 Å². The molecule has 0 spiro atoms. The second-order valence-electron chi connectivity index (χ2n) is 2.55. The van der Waals surface area contributed by atoms with E-state index in [0.29, 0.717) is 0 Å². The van der Waals surface area contributed by atoms with Crippen molar-refractivity contribution in [2.24, 2.45) is 0 Å². The molecule has 1 rings (SSSR count). The van der Waals surface area contributed by atoms with Crippen molar-refractivity contribution in [3.05, 3.63) is 18.2 Å². The highest BCUT2D eigenvalue weighted by Gasteiger charge is 2.03. The fraction of sp³-hybridized carbons (Fsp3) is 0.400. The summed E-state index contributed by atoms with van der Waals surface area (Å²) in [6.45, 7) is 1.55. The van der Waals surface area contributed by atoms with E-state index in [1.165, 1.54) is 31.4 Å². The summed E-state index contributed by atoms with van der Waals surface area (Å²) in [6, 6.07) is 5.79. The summed E-state index contributed by atoms with van der Waals surface area (Å²) in [6.07, 6.45) is 0. The maximum atomic E-state index is 7.42. The maximum Gasteiger partial charge on any atom is 0.121 e. The highest BCUT2D eigenvalue weighted by molar-refractivity contribution is 9.09. The molecule has 0 aliphatic rings. The third kappa shape index (κ3) is 4.09. The quantitative estimate of drug-likeness (QED) is 0.613. The van der Waals surface area contributed by atoms with Gasteiger partial charge in [-0.05, 0) is 32.8 Å². The molecule has 0 aliphatic heterocycles. The molecule has 0 saturated carbocycles. The predicted molar refractivity (Wildman–Crippen MR) is 74.1 cm³/mol. The first kappa shape index (κ1) is 10.1. The van der Waals surface area contributed by atoms with Crippen molar-refractivity contribution in [3.63, 3.8) is 0 Å². The minimum absolute atomic E-state index is 0.808. The van der Waals surface area contributed by atoms with Crippen LogP contribution in [-0.2, 0) is 0 Å². The molecule has 1 aromatic rings.